The number of rotatable bonds is 5. The quantitative estimate of drug-likeness (QED) is 0.740. The van der Waals surface area contributed by atoms with Gasteiger partial charge in [-0.1, -0.05) is 17.7 Å². The fraction of sp³-hybridized carbons (Fsp3) is 0.455. The molecule has 1 rings (SSSR count). The molecule has 0 N–H and O–H groups in total. The van der Waals surface area contributed by atoms with Crippen LogP contribution in [0.25, 0.3) is 0 Å². The van der Waals surface area contributed by atoms with Gasteiger partial charge in [0.15, 0.2) is 0 Å². The number of ether oxygens (including phenoxy) is 1. The summed E-state index contributed by atoms with van der Waals surface area (Å²) in [6, 6.07) is 6.52. The lowest BCUT2D eigenvalue weighted by atomic mass is 10.2. The van der Waals surface area contributed by atoms with Crippen LogP contribution in [0.4, 0.5) is 0 Å². The van der Waals surface area contributed by atoms with Crippen molar-refractivity contribution in [1.82, 2.24) is 0 Å². The predicted molar refractivity (Wildman–Crippen MR) is 60.8 cm³/mol. The Morgan fingerprint density at radius 3 is 2.31 bits per heavy atom. The molecule has 0 fully saturated rings. The summed E-state index contributed by atoms with van der Waals surface area (Å²) in [5.41, 5.74) is 1.00. The van der Waals surface area contributed by atoms with Crippen LogP contribution in [0.15, 0.2) is 29.2 Å². The van der Waals surface area contributed by atoms with Gasteiger partial charge in [-0.05, 0) is 26.0 Å². The number of hydrogen-bond donors (Lipinski definition) is 0. The van der Waals surface area contributed by atoms with E-state index in [0.29, 0.717) is 0 Å². The van der Waals surface area contributed by atoms with E-state index in [0.717, 1.165) is 5.56 Å². The minimum Gasteiger partial charge on any atom is -0.379 e. The van der Waals surface area contributed by atoms with Crippen molar-refractivity contribution in [2.45, 2.75) is 24.8 Å². The van der Waals surface area contributed by atoms with Crippen molar-refractivity contribution in [3.8, 4) is 0 Å². The molecular formula is C11H16O4S. The Morgan fingerprint density at radius 2 is 1.81 bits per heavy atom. The SMILES string of the molecule is CO[C@@H](C)COS(=O)(=O)c1ccc(C)cc1. The summed E-state index contributed by atoms with van der Waals surface area (Å²) in [6.45, 7) is 3.65. The van der Waals surface area contributed by atoms with Gasteiger partial charge in [-0.3, -0.25) is 4.18 Å². The largest absolute Gasteiger partial charge is 0.379 e. The van der Waals surface area contributed by atoms with Crippen LogP contribution in [0.5, 0.6) is 0 Å². The molecule has 90 valence electrons. The molecule has 0 saturated carbocycles. The van der Waals surface area contributed by atoms with Gasteiger partial charge in [-0.15, -0.1) is 0 Å². The number of methoxy groups -OCH3 is 1. The molecule has 0 saturated heterocycles. The van der Waals surface area contributed by atoms with Crippen molar-refractivity contribution in [1.29, 1.82) is 0 Å². The zero-order valence-corrected chi connectivity index (χ0v) is 10.5. The fourth-order valence-corrected chi connectivity index (χ4v) is 2.00. The Bertz CT molecular complexity index is 422. The molecule has 1 aromatic rings. The third-order valence-corrected chi connectivity index (χ3v) is 3.47. The topological polar surface area (TPSA) is 52.6 Å². The monoisotopic (exact) mass is 244 g/mol. The molecule has 0 unspecified atom stereocenters. The number of aryl methyl sites for hydroxylation is 1. The maximum atomic E-state index is 11.7. The number of benzene rings is 1. The van der Waals surface area contributed by atoms with Crippen LogP contribution < -0.4 is 0 Å². The highest BCUT2D eigenvalue weighted by Gasteiger charge is 2.16. The Balaban J connectivity index is 2.74. The summed E-state index contributed by atoms with van der Waals surface area (Å²) >= 11 is 0. The Morgan fingerprint density at radius 1 is 1.25 bits per heavy atom. The van der Waals surface area contributed by atoms with Crippen LogP contribution in [0.2, 0.25) is 0 Å². The van der Waals surface area contributed by atoms with Gasteiger partial charge in [0.05, 0.1) is 17.6 Å². The Kier molecular flexibility index (Phi) is 4.46. The normalized spacial score (nSPS) is 13.7. The van der Waals surface area contributed by atoms with E-state index in [2.05, 4.69) is 0 Å². The van der Waals surface area contributed by atoms with Crippen molar-refractivity contribution in [2.75, 3.05) is 13.7 Å². The second-order valence-electron chi connectivity index (χ2n) is 3.60. The van der Waals surface area contributed by atoms with Crippen LogP contribution in [-0.4, -0.2) is 28.2 Å². The van der Waals surface area contributed by atoms with Crippen LogP contribution in [0, 0.1) is 6.92 Å². The molecule has 5 heteroatoms. The molecule has 1 atom stereocenters. The summed E-state index contributed by atoms with van der Waals surface area (Å²) in [4.78, 5) is 0.168. The lowest BCUT2D eigenvalue weighted by molar-refractivity contribution is 0.0739. The lowest BCUT2D eigenvalue weighted by Crippen LogP contribution is -2.17. The molecule has 16 heavy (non-hydrogen) atoms. The highest BCUT2D eigenvalue weighted by atomic mass is 32.2. The van der Waals surface area contributed by atoms with Gasteiger partial charge in [0, 0.05) is 7.11 Å². The zero-order chi connectivity index (χ0) is 12.2. The van der Waals surface area contributed by atoms with Crippen LogP contribution in [0.1, 0.15) is 12.5 Å². The van der Waals surface area contributed by atoms with E-state index >= 15 is 0 Å². The standard InChI is InChI=1S/C11H16O4S/c1-9-4-6-11(7-5-9)16(12,13)15-8-10(2)14-3/h4-7,10H,8H2,1-3H3/t10-/m0/s1. The molecule has 0 spiro atoms. The van der Waals surface area contributed by atoms with Crippen molar-refractivity contribution in [2.24, 2.45) is 0 Å². The Hall–Kier alpha value is -0.910. The average molecular weight is 244 g/mol. The minimum absolute atomic E-state index is 0.0205. The maximum Gasteiger partial charge on any atom is 0.297 e. The average Bonchev–Trinajstić information content (AvgIpc) is 2.26. The second kappa shape index (κ2) is 5.43. The first-order valence-corrected chi connectivity index (χ1v) is 6.35. The van der Waals surface area contributed by atoms with Gasteiger partial charge in [0.2, 0.25) is 0 Å². The highest BCUT2D eigenvalue weighted by Crippen LogP contribution is 2.13. The van der Waals surface area contributed by atoms with Crippen LogP contribution in [0.3, 0.4) is 0 Å². The van der Waals surface area contributed by atoms with Crippen LogP contribution in [-0.2, 0) is 19.0 Å². The molecule has 0 aromatic heterocycles. The first-order valence-electron chi connectivity index (χ1n) is 4.94. The molecule has 0 bridgehead atoms. The van der Waals surface area contributed by atoms with E-state index in [4.69, 9.17) is 8.92 Å². The smallest absolute Gasteiger partial charge is 0.297 e. The van der Waals surface area contributed by atoms with E-state index in [9.17, 15) is 8.42 Å². The third-order valence-electron chi connectivity index (χ3n) is 2.17. The van der Waals surface area contributed by atoms with Gasteiger partial charge >= 0.3 is 0 Å². The molecule has 0 aliphatic carbocycles. The van der Waals surface area contributed by atoms with Gasteiger partial charge in [0.25, 0.3) is 10.1 Å². The predicted octanol–water partition coefficient (Wildman–Crippen LogP) is 1.74. The van der Waals surface area contributed by atoms with E-state index in [-0.39, 0.29) is 17.6 Å². The zero-order valence-electron chi connectivity index (χ0n) is 9.64. The van der Waals surface area contributed by atoms with Crippen molar-refractivity contribution < 1.29 is 17.3 Å². The van der Waals surface area contributed by atoms with E-state index < -0.39 is 10.1 Å². The van der Waals surface area contributed by atoms with Gasteiger partial charge in [-0.2, -0.15) is 8.42 Å². The molecule has 1 aromatic carbocycles. The molecule has 0 aliphatic heterocycles. The van der Waals surface area contributed by atoms with Crippen LogP contribution >= 0.6 is 0 Å². The molecule has 0 heterocycles. The lowest BCUT2D eigenvalue weighted by Gasteiger charge is -2.10. The summed E-state index contributed by atoms with van der Waals surface area (Å²) < 4.78 is 33.1. The summed E-state index contributed by atoms with van der Waals surface area (Å²) in [5, 5.41) is 0. The first kappa shape index (κ1) is 13.2. The summed E-state index contributed by atoms with van der Waals surface area (Å²) in [5.74, 6) is 0. The van der Waals surface area contributed by atoms with Gasteiger partial charge in [0.1, 0.15) is 0 Å². The molecule has 0 radical (unpaired) electrons. The molecule has 0 amide bonds. The molecule has 4 nitrogen and oxygen atoms in total. The summed E-state index contributed by atoms with van der Waals surface area (Å²) in [6.07, 6.45) is -0.250. The second-order valence-corrected chi connectivity index (χ2v) is 5.21. The first-order chi connectivity index (χ1) is 7.45. The van der Waals surface area contributed by atoms with E-state index in [1.54, 1.807) is 19.1 Å². The minimum atomic E-state index is -3.66. The van der Waals surface area contributed by atoms with Crippen molar-refractivity contribution in [3.05, 3.63) is 29.8 Å². The highest BCUT2D eigenvalue weighted by molar-refractivity contribution is 7.86. The van der Waals surface area contributed by atoms with Crippen molar-refractivity contribution >= 4 is 10.1 Å². The fourth-order valence-electron chi connectivity index (χ4n) is 1.03. The molecule has 0 aliphatic rings. The van der Waals surface area contributed by atoms with Gasteiger partial charge in [-0.25, -0.2) is 0 Å². The number of hydrogen-bond acceptors (Lipinski definition) is 4. The van der Waals surface area contributed by atoms with E-state index in [1.165, 1.54) is 19.2 Å². The Labute approximate surface area is 96.3 Å². The van der Waals surface area contributed by atoms with Crippen molar-refractivity contribution in [3.63, 3.8) is 0 Å². The van der Waals surface area contributed by atoms with Gasteiger partial charge < -0.3 is 4.74 Å². The summed E-state index contributed by atoms with van der Waals surface area (Å²) in [7, 11) is -2.16. The van der Waals surface area contributed by atoms with E-state index in [1.807, 2.05) is 6.92 Å². The third kappa shape index (κ3) is 3.59. The maximum absolute atomic E-state index is 11.7. The molecular weight excluding hydrogens is 228 g/mol.